The van der Waals surface area contributed by atoms with Gasteiger partial charge in [0.1, 0.15) is 0 Å². The molecule has 4 N–H and O–H groups in total. The average Bonchev–Trinajstić information content (AvgIpc) is 2.71. The number of aliphatic hydroxyl groups is 1. The number of rotatable bonds is 5. The van der Waals surface area contributed by atoms with E-state index < -0.39 is 5.23 Å². The van der Waals surface area contributed by atoms with Crippen LogP contribution in [0.5, 0.6) is 0 Å². The molecule has 0 aliphatic carbocycles. The maximum atomic E-state index is 11.1. The topological polar surface area (TPSA) is 83.9 Å². The lowest BCUT2D eigenvalue weighted by molar-refractivity contribution is -0.991. The third kappa shape index (κ3) is 4.85. The third-order valence-corrected chi connectivity index (χ3v) is 4.74. The van der Waals surface area contributed by atoms with E-state index in [0.717, 1.165) is 16.8 Å². The van der Waals surface area contributed by atoms with Crippen molar-refractivity contribution in [1.82, 2.24) is 0 Å². The van der Waals surface area contributed by atoms with Crippen LogP contribution in [0.2, 0.25) is 0 Å². The summed E-state index contributed by atoms with van der Waals surface area (Å²) in [5.74, 6) is -0.0552. The average molecular weight is 409 g/mol. The Morgan fingerprint density at radius 2 is 1.69 bits per heavy atom. The number of anilines is 1. The summed E-state index contributed by atoms with van der Waals surface area (Å²) in [6.45, 7) is 4.01. The summed E-state index contributed by atoms with van der Waals surface area (Å²) >= 11 is 5.63. The molecule has 0 radical (unpaired) electrons. The minimum absolute atomic E-state index is 0.0552. The molecule has 1 atom stereocenters. The molecule has 0 saturated heterocycles. The van der Waals surface area contributed by atoms with Gasteiger partial charge in [0.25, 0.3) is 5.70 Å². The number of aliphatic hydroxyl groups excluding tert-OH is 1. The van der Waals surface area contributed by atoms with Crippen molar-refractivity contribution in [2.24, 2.45) is 0 Å². The molecule has 7 heteroatoms. The molecule has 0 fully saturated rings. The number of nitrogens with zero attached hydrogens (tertiary/aromatic N) is 1. The zero-order valence-corrected chi connectivity index (χ0v) is 16.9. The number of aryl methyl sites for hydroxylation is 2. The Balaban J connectivity index is 2.04. The van der Waals surface area contributed by atoms with Crippen LogP contribution in [0.1, 0.15) is 16.7 Å². The van der Waals surface area contributed by atoms with Crippen LogP contribution in [0, 0.1) is 19.1 Å². The highest BCUT2D eigenvalue weighted by molar-refractivity contribution is 7.81. The third-order valence-electron chi connectivity index (χ3n) is 4.45. The summed E-state index contributed by atoms with van der Waals surface area (Å²) in [7, 11) is 0. The zero-order chi connectivity index (χ0) is 21.0. The van der Waals surface area contributed by atoms with E-state index in [1.807, 2.05) is 44.2 Å². The van der Waals surface area contributed by atoms with Crippen LogP contribution in [0.3, 0.4) is 0 Å². The van der Waals surface area contributed by atoms with Crippen LogP contribution in [0.4, 0.5) is 11.4 Å². The number of benzene rings is 2. The van der Waals surface area contributed by atoms with Crippen molar-refractivity contribution in [2.75, 3.05) is 5.32 Å². The van der Waals surface area contributed by atoms with Gasteiger partial charge in [-0.3, -0.25) is 0 Å². The van der Waals surface area contributed by atoms with Gasteiger partial charge < -0.3 is 15.6 Å². The van der Waals surface area contributed by atoms with Gasteiger partial charge >= 0.3 is 0 Å². The fraction of sp³-hybridized carbons (Fsp3) is 0.0909. The van der Waals surface area contributed by atoms with Gasteiger partial charge in [-0.15, -0.1) is 0 Å². The molecule has 148 valence electrons. The second-order valence-corrected chi connectivity index (χ2v) is 7.04. The van der Waals surface area contributed by atoms with E-state index in [2.05, 4.69) is 11.4 Å². The summed E-state index contributed by atoms with van der Waals surface area (Å²) in [4.78, 5) is 0.341. The SMILES string of the molecule is Cc1ccc(NC(=S)/C(=C(\O)c2ccc([NH+]([O-])O)cc2)[n+]2ccccc2)c(C)c1. The van der Waals surface area contributed by atoms with Crippen molar-refractivity contribution in [1.29, 1.82) is 0 Å². The minimum atomic E-state index is -1.02. The number of aromatic nitrogens is 1. The first-order chi connectivity index (χ1) is 13.9. The maximum absolute atomic E-state index is 11.1. The number of thiocarbonyl (C=S) groups is 1. The van der Waals surface area contributed by atoms with E-state index in [1.165, 1.54) is 12.1 Å². The zero-order valence-electron chi connectivity index (χ0n) is 16.1. The van der Waals surface area contributed by atoms with Gasteiger partial charge in [-0.2, -0.15) is 9.79 Å². The Bertz CT molecular complexity index is 1050. The second-order valence-electron chi connectivity index (χ2n) is 6.63. The Morgan fingerprint density at radius 3 is 2.28 bits per heavy atom. The number of quaternary nitrogens is 1. The molecule has 1 heterocycles. The first-order valence-electron chi connectivity index (χ1n) is 8.99. The largest absolute Gasteiger partial charge is 0.595 e. The Labute approximate surface area is 174 Å². The minimum Gasteiger partial charge on any atom is -0.595 e. The highest BCUT2D eigenvalue weighted by Crippen LogP contribution is 2.22. The predicted molar refractivity (Wildman–Crippen MR) is 117 cm³/mol. The van der Waals surface area contributed by atoms with Crippen LogP contribution < -0.4 is 15.1 Å². The maximum Gasteiger partial charge on any atom is 0.288 e. The van der Waals surface area contributed by atoms with E-state index in [9.17, 15) is 10.3 Å². The van der Waals surface area contributed by atoms with Crippen LogP contribution >= 0.6 is 12.2 Å². The Kier molecular flexibility index (Phi) is 6.36. The smallest absolute Gasteiger partial charge is 0.288 e. The van der Waals surface area contributed by atoms with Crippen LogP contribution in [-0.2, 0) is 0 Å². The van der Waals surface area contributed by atoms with E-state index in [1.54, 1.807) is 29.1 Å². The molecule has 3 rings (SSSR count). The molecule has 0 saturated carbocycles. The normalized spacial score (nSPS) is 12.8. The molecular formula is C22H22N3O3S+. The summed E-state index contributed by atoms with van der Waals surface area (Å²) in [5, 5.41) is 33.4. The van der Waals surface area contributed by atoms with Gasteiger partial charge in [-0.05, 0) is 37.6 Å². The van der Waals surface area contributed by atoms with Gasteiger partial charge in [0.05, 0.1) is 0 Å². The van der Waals surface area contributed by atoms with E-state index in [4.69, 9.17) is 17.4 Å². The Morgan fingerprint density at radius 1 is 1.03 bits per heavy atom. The molecule has 0 aliphatic rings. The predicted octanol–water partition coefficient (Wildman–Crippen LogP) is 3.32. The van der Waals surface area contributed by atoms with Crippen molar-refractivity contribution in [3.05, 3.63) is 95.0 Å². The molecule has 1 aromatic heterocycles. The fourth-order valence-electron chi connectivity index (χ4n) is 2.94. The number of pyridine rings is 1. The first kappa shape index (κ1) is 20.6. The lowest BCUT2D eigenvalue weighted by Gasteiger charge is -2.13. The highest BCUT2D eigenvalue weighted by Gasteiger charge is 2.24. The molecule has 29 heavy (non-hydrogen) atoms. The van der Waals surface area contributed by atoms with E-state index >= 15 is 0 Å². The summed E-state index contributed by atoms with van der Waals surface area (Å²) in [5.41, 5.74) is 4.04. The molecule has 0 spiro atoms. The van der Waals surface area contributed by atoms with Gasteiger partial charge in [-0.1, -0.05) is 36.0 Å². The van der Waals surface area contributed by atoms with Crippen LogP contribution in [0.25, 0.3) is 11.5 Å². The standard InChI is InChI=1S/C22H21N3O3S/c1-15-6-11-19(16(2)14-15)23-22(29)20(24-12-4-3-5-13-24)21(26)17-7-9-18(10-8-17)25(27)28/h3-14,25,27H,1-2H3,(H-,23,26,29)/p+1. The van der Waals surface area contributed by atoms with Crippen molar-refractivity contribution in [2.45, 2.75) is 13.8 Å². The van der Waals surface area contributed by atoms with Crippen LogP contribution in [-0.4, -0.2) is 15.3 Å². The lowest BCUT2D eigenvalue weighted by atomic mass is 10.1. The number of hydrogen-bond acceptors (Lipinski definition) is 4. The van der Waals surface area contributed by atoms with Crippen molar-refractivity contribution < 1.29 is 20.1 Å². The molecule has 2 aromatic carbocycles. The van der Waals surface area contributed by atoms with E-state index in [-0.39, 0.29) is 11.4 Å². The quantitative estimate of drug-likeness (QED) is 0.171. The van der Waals surface area contributed by atoms with Gasteiger partial charge in [0.2, 0.25) is 0 Å². The van der Waals surface area contributed by atoms with Crippen LogP contribution in [0.15, 0.2) is 73.1 Å². The Hall–Kier alpha value is -3.10. The van der Waals surface area contributed by atoms with E-state index in [0.29, 0.717) is 16.2 Å². The van der Waals surface area contributed by atoms with Gasteiger partial charge in [0.15, 0.2) is 28.8 Å². The van der Waals surface area contributed by atoms with Crippen molar-refractivity contribution >= 4 is 40.0 Å². The molecule has 6 nitrogen and oxygen atoms in total. The first-order valence-corrected chi connectivity index (χ1v) is 9.40. The van der Waals surface area contributed by atoms with Crippen molar-refractivity contribution in [3.8, 4) is 0 Å². The molecule has 0 bridgehead atoms. The van der Waals surface area contributed by atoms with Gasteiger partial charge in [-0.25, -0.2) is 5.21 Å². The highest BCUT2D eigenvalue weighted by atomic mass is 32.1. The summed E-state index contributed by atoms with van der Waals surface area (Å²) in [6.07, 6.45) is 3.57. The summed E-state index contributed by atoms with van der Waals surface area (Å²) < 4.78 is 1.72. The molecule has 3 aromatic rings. The second kappa shape index (κ2) is 8.93. The molecular weight excluding hydrogens is 386 g/mol. The lowest BCUT2D eigenvalue weighted by Crippen LogP contribution is -2.99. The van der Waals surface area contributed by atoms with Gasteiger partial charge in [0, 0.05) is 35.5 Å². The molecule has 0 amide bonds. The van der Waals surface area contributed by atoms with Crippen molar-refractivity contribution in [3.63, 3.8) is 0 Å². The monoisotopic (exact) mass is 408 g/mol. The number of hydrogen-bond donors (Lipinski definition) is 4. The number of nitrogens with one attached hydrogen (secondary N) is 2. The summed E-state index contributed by atoms with van der Waals surface area (Å²) in [6, 6.07) is 17.5. The molecule has 1 unspecified atom stereocenters. The fourth-order valence-corrected chi connectivity index (χ4v) is 3.25. The molecule has 0 aliphatic heterocycles.